The molecule has 5 aromatic carbocycles. The maximum Gasteiger partial charge on any atom is 0.336 e. The van der Waals surface area contributed by atoms with E-state index in [2.05, 4.69) is 0 Å². The van der Waals surface area contributed by atoms with Crippen molar-refractivity contribution < 1.29 is 19.8 Å². The fourth-order valence-electron chi connectivity index (χ4n) is 4.30. The maximum absolute atomic E-state index is 11.8. The van der Waals surface area contributed by atoms with E-state index in [0.29, 0.717) is 22.1 Å². The Balaban J connectivity index is 2.18. The third-order valence-electron chi connectivity index (χ3n) is 5.43. The lowest BCUT2D eigenvalue weighted by atomic mass is 9.86. The maximum atomic E-state index is 11.8. The standard InChI is InChI=1S/C22H14N2O4/c23-15-7-5-11-12-6-8-16(24)20-14(22(27)28)4-2-10(18(12)20)9-1-3-13(21(25)26)19(15)17(9)11/h1-8H,23-24H2,(H,25,26)(H,27,28). The van der Waals surface area contributed by atoms with Crippen molar-refractivity contribution in [2.24, 2.45) is 0 Å². The summed E-state index contributed by atoms with van der Waals surface area (Å²) in [5.74, 6) is -2.10. The van der Waals surface area contributed by atoms with Crippen molar-refractivity contribution in [3.05, 3.63) is 59.7 Å². The Morgan fingerprint density at radius 3 is 1.18 bits per heavy atom. The summed E-state index contributed by atoms with van der Waals surface area (Å²) in [5.41, 5.74) is 13.3. The van der Waals surface area contributed by atoms with Crippen LogP contribution < -0.4 is 11.5 Å². The van der Waals surface area contributed by atoms with Gasteiger partial charge in [0, 0.05) is 32.9 Å². The smallest absolute Gasteiger partial charge is 0.336 e. The Kier molecular flexibility index (Phi) is 3.02. The molecule has 0 amide bonds. The zero-order valence-corrected chi connectivity index (χ0v) is 14.5. The molecule has 5 aromatic rings. The summed E-state index contributed by atoms with van der Waals surface area (Å²) in [6, 6.07) is 13.6. The van der Waals surface area contributed by atoms with Gasteiger partial charge in [-0.05, 0) is 45.8 Å². The fraction of sp³-hybridized carbons (Fsp3) is 0. The first-order chi connectivity index (χ1) is 13.4. The molecule has 0 radical (unpaired) electrons. The number of benzene rings is 5. The zero-order chi connectivity index (χ0) is 19.7. The van der Waals surface area contributed by atoms with Gasteiger partial charge in [-0.3, -0.25) is 0 Å². The second-order valence-electron chi connectivity index (χ2n) is 6.84. The van der Waals surface area contributed by atoms with Crippen LogP contribution in [0.5, 0.6) is 0 Å². The van der Waals surface area contributed by atoms with Crippen LogP contribution in [-0.2, 0) is 0 Å². The first-order valence-electron chi connectivity index (χ1n) is 8.58. The van der Waals surface area contributed by atoms with Gasteiger partial charge < -0.3 is 21.7 Å². The van der Waals surface area contributed by atoms with Gasteiger partial charge in [0.1, 0.15) is 0 Å². The molecular weight excluding hydrogens is 356 g/mol. The van der Waals surface area contributed by atoms with Crippen LogP contribution >= 0.6 is 0 Å². The number of carboxylic acid groups (broad SMARTS) is 2. The van der Waals surface area contributed by atoms with Crippen LogP contribution in [0.1, 0.15) is 20.7 Å². The number of nitrogen functional groups attached to an aromatic ring is 2. The average molecular weight is 370 g/mol. The lowest BCUT2D eigenvalue weighted by Gasteiger charge is -2.18. The summed E-state index contributed by atoms with van der Waals surface area (Å²) in [6.45, 7) is 0. The van der Waals surface area contributed by atoms with Crippen molar-refractivity contribution >= 4 is 66.4 Å². The van der Waals surface area contributed by atoms with Crippen LogP contribution in [0.15, 0.2) is 48.5 Å². The number of aromatic carboxylic acids is 2. The lowest BCUT2D eigenvalue weighted by molar-refractivity contribution is 0.0688. The molecule has 5 rings (SSSR count). The number of hydrogen-bond donors (Lipinski definition) is 4. The molecule has 136 valence electrons. The first kappa shape index (κ1) is 16.1. The second kappa shape index (κ2) is 5.23. The van der Waals surface area contributed by atoms with E-state index >= 15 is 0 Å². The molecule has 0 fully saturated rings. The van der Waals surface area contributed by atoms with E-state index in [4.69, 9.17) is 11.5 Å². The largest absolute Gasteiger partial charge is 0.478 e. The number of fused-ring (bicyclic) bond motifs is 2. The molecule has 0 spiro atoms. The topological polar surface area (TPSA) is 127 Å². The van der Waals surface area contributed by atoms with Crippen molar-refractivity contribution in [3.8, 4) is 0 Å². The van der Waals surface area contributed by atoms with Crippen LogP contribution in [0, 0.1) is 0 Å². The monoisotopic (exact) mass is 370 g/mol. The minimum Gasteiger partial charge on any atom is -0.478 e. The van der Waals surface area contributed by atoms with Crippen LogP contribution in [0.25, 0.3) is 43.1 Å². The van der Waals surface area contributed by atoms with E-state index in [1.807, 2.05) is 12.1 Å². The van der Waals surface area contributed by atoms with Crippen molar-refractivity contribution in [3.63, 3.8) is 0 Å². The molecule has 0 heterocycles. The Hall–Kier alpha value is -4.06. The highest BCUT2D eigenvalue weighted by molar-refractivity contribution is 6.37. The van der Waals surface area contributed by atoms with Gasteiger partial charge >= 0.3 is 11.9 Å². The molecule has 0 aromatic heterocycles. The molecular formula is C22H14N2O4. The molecule has 6 nitrogen and oxygen atoms in total. The predicted octanol–water partition coefficient (Wildman–Crippen LogP) is 4.30. The van der Waals surface area contributed by atoms with E-state index in [0.717, 1.165) is 32.3 Å². The number of carbonyl (C=O) groups is 2. The minimum absolute atomic E-state index is 0.135. The highest BCUT2D eigenvalue weighted by atomic mass is 16.4. The minimum atomic E-state index is -1.05. The SMILES string of the molecule is Nc1ccc2c3ccc(N)c4c(C(=O)O)ccc(c5ccc(C(=O)O)c1c25)c43. The molecule has 0 unspecified atom stereocenters. The normalized spacial score (nSPS) is 11.7. The molecule has 0 saturated heterocycles. The van der Waals surface area contributed by atoms with E-state index in [1.165, 1.54) is 12.1 Å². The fourth-order valence-corrected chi connectivity index (χ4v) is 4.30. The van der Waals surface area contributed by atoms with Crippen molar-refractivity contribution in [2.75, 3.05) is 11.5 Å². The molecule has 6 N–H and O–H groups in total. The predicted molar refractivity (Wildman–Crippen MR) is 110 cm³/mol. The van der Waals surface area contributed by atoms with Gasteiger partial charge in [0.05, 0.1) is 11.1 Å². The Morgan fingerprint density at radius 2 is 0.857 bits per heavy atom. The third-order valence-corrected chi connectivity index (χ3v) is 5.43. The molecule has 0 aliphatic heterocycles. The zero-order valence-electron chi connectivity index (χ0n) is 14.5. The van der Waals surface area contributed by atoms with Gasteiger partial charge in [-0.15, -0.1) is 0 Å². The summed E-state index contributed by atoms with van der Waals surface area (Å²) in [7, 11) is 0. The molecule has 0 aliphatic rings. The Bertz CT molecular complexity index is 1350. The number of nitrogens with two attached hydrogens (primary N) is 2. The molecule has 0 bridgehead atoms. The lowest BCUT2D eigenvalue weighted by Crippen LogP contribution is -2.03. The number of anilines is 2. The quantitative estimate of drug-likeness (QED) is 0.208. The van der Waals surface area contributed by atoms with Crippen molar-refractivity contribution in [1.29, 1.82) is 0 Å². The molecule has 28 heavy (non-hydrogen) atoms. The van der Waals surface area contributed by atoms with Gasteiger partial charge in [-0.25, -0.2) is 9.59 Å². The van der Waals surface area contributed by atoms with Crippen LogP contribution in [0.2, 0.25) is 0 Å². The highest BCUT2D eigenvalue weighted by Crippen LogP contribution is 2.44. The summed E-state index contributed by atoms with van der Waals surface area (Å²) >= 11 is 0. The van der Waals surface area contributed by atoms with E-state index in [9.17, 15) is 19.8 Å². The molecule has 0 aliphatic carbocycles. The van der Waals surface area contributed by atoms with Crippen LogP contribution in [-0.4, -0.2) is 22.2 Å². The van der Waals surface area contributed by atoms with Gasteiger partial charge in [0.2, 0.25) is 0 Å². The van der Waals surface area contributed by atoms with Gasteiger partial charge in [-0.2, -0.15) is 0 Å². The average Bonchev–Trinajstić information content (AvgIpc) is 2.67. The third kappa shape index (κ3) is 1.86. The van der Waals surface area contributed by atoms with Gasteiger partial charge in [-0.1, -0.05) is 24.3 Å². The van der Waals surface area contributed by atoms with Gasteiger partial charge in [0.25, 0.3) is 0 Å². The van der Waals surface area contributed by atoms with Crippen molar-refractivity contribution in [2.45, 2.75) is 0 Å². The summed E-state index contributed by atoms with van der Waals surface area (Å²) in [6.07, 6.45) is 0. The number of rotatable bonds is 2. The summed E-state index contributed by atoms with van der Waals surface area (Å²) in [5, 5.41) is 25.0. The highest BCUT2D eigenvalue weighted by Gasteiger charge is 2.21. The van der Waals surface area contributed by atoms with Crippen LogP contribution in [0.3, 0.4) is 0 Å². The summed E-state index contributed by atoms with van der Waals surface area (Å²) in [4.78, 5) is 23.5. The first-order valence-corrected chi connectivity index (χ1v) is 8.58. The van der Waals surface area contributed by atoms with Crippen molar-refractivity contribution in [1.82, 2.24) is 0 Å². The number of carboxylic acids is 2. The Morgan fingerprint density at radius 1 is 0.536 bits per heavy atom. The molecule has 0 saturated carbocycles. The van der Waals surface area contributed by atoms with E-state index in [1.54, 1.807) is 24.3 Å². The van der Waals surface area contributed by atoms with Gasteiger partial charge in [0.15, 0.2) is 0 Å². The molecule has 6 heteroatoms. The van der Waals surface area contributed by atoms with E-state index < -0.39 is 11.9 Å². The van der Waals surface area contributed by atoms with E-state index in [-0.39, 0.29) is 11.1 Å². The molecule has 0 atom stereocenters. The number of hydrogen-bond acceptors (Lipinski definition) is 4. The summed E-state index contributed by atoms with van der Waals surface area (Å²) < 4.78 is 0. The Labute approximate surface area is 157 Å². The second-order valence-corrected chi connectivity index (χ2v) is 6.84. The van der Waals surface area contributed by atoms with Crippen LogP contribution in [0.4, 0.5) is 11.4 Å².